The molecule has 17 heavy (non-hydrogen) atoms. The molecule has 0 unspecified atom stereocenters. The number of nitrogens with zero attached hydrogens (tertiary/aromatic N) is 4. The molecule has 0 bridgehead atoms. The molecule has 0 spiro atoms. The predicted molar refractivity (Wildman–Crippen MR) is 70.5 cm³/mol. The maximum atomic E-state index is 5.59. The summed E-state index contributed by atoms with van der Waals surface area (Å²) in [6, 6.07) is 1.84. The van der Waals surface area contributed by atoms with Crippen LogP contribution in [0.3, 0.4) is 0 Å². The topological polar surface area (TPSA) is 32.3 Å². The van der Waals surface area contributed by atoms with E-state index in [1.807, 2.05) is 12.1 Å². The van der Waals surface area contributed by atoms with Crippen molar-refractivity contribution < 1.29 is 0 Å². The van der Waals surface area contributed by atoms with Crippen LogP contribution in [0, 0.1) is 0 Å². The van der Waals surface area contributed by atoms with Gasteiger partial charge >= 0.3 is 0 Å². The third-order valence-electron chi connectivity index (χ3n) is 2.83. The fourth-order valence-electron chi connectivity index (χ4n) is 1.87. The van der Waals surface area contributed by atoms with Crippen LogP contribution < -0.4 is 4.90 Å². The molecule has 1 aliphatic rings. The molecular weight excluding hydrogens is 236 g/mol. The molecule has 0 atom stereocenters. The van der Waals surface area contributed by atoms with Gasteiger partial charge in [-0.15, -0.1) is 11.6 Å². The zero-order valence-electron chi connectivity index (χ0n) is 9.80. The molecule has 2 heterocycles. The number of aromatic nitrogens is 2. The molecule has 1 saturated heterocycles. The van der Waals surface area contributed by atoms with Gasteiger partial charge in [0, 0.05) is 51.0 Å². The normalized spacial score (nSPS) is 17.8. The van der Waals surface area contributed by atoms with Crippen molar-refractivity contribution >= 4 is 17.5 Å². The molecule has 5 heteroatoms. The molecule has 0 aromatic carbocycles. The van der Waals surface area contributed by atoms with E-state index in [0.29, 0.717) is 5.88 Å². The number of hydrogen-bond donors (Lipinski definition) is 0. The number of rotatable bonds is 4. The minimum Gasteiger partial charge on any atom is -0.338 e. The van der Waals surface area contributed by atoms with Crippen LogP contribution in [0.25, 0.3) is 0 Å². The van der Waals surface area contributed by atoms with Crippen LogP contribution in [-0.4, -0.2) is 53.5 Å². The highest BCUT2D eigenvalue weighted by Crippen LogP contribution is 2.09. The Bertz CT molecular complexity index is 347. The smallest absolute Gasteiger partial charge is 0.225 e. The first-order valence-corrected chi connectivity index (χ1v) is 6.39. The Morgan fingerprint density at radius 2 is 1.82 bits per heavy atom. The molecule has 0 N–H and O–H groups in total. The van der Waals surface area contributed by atoms with Gasteiger partial charge < -0.3 is 4.90 Å². The van der Waals surface area contributed by atoms with E-state index in [2.05, 4.69) is 25.8 Å². The summed E-state index contributed by atoms with van der Waals surface area (Å²) in [7, 11) is 0. The Hall–Kier alpha value is -1.13. The van der Waals surface area contributed by atoms with E-state index >= 15 is 0 Å². The van der Waals surface area contributed by atoms with E-state index in [1.165, 1.54) is 0 Å². The van der Waals surface area contributed by atoms with Gasteiger partial charge in [-0.25, -0.2) is 9.97 Å². The summed E-state index contributed by atoms with van der Waals surface area (Å²) in [5.74, 6) is 1.43. The van der Waals surface area contributed by atoms with Gasteiger partial charge in [0.15, 0.2) is 0 Å². The van der Waals surface area contributed by atoms with Crippen LogP contribution in [0.4, 0.5) is 5.95 Å². The van der Waals surface area contributed by atoms with Crippen LogP contribution in [-0.2, 0) is 0 Å². The maximum Gasteiger partial charge on any atom is 0.225 e. The van der Waals surface area contributed by atoms with E-state index in [0.717, 1.165) is 38.7 Å². The first kappa shape index (κ1) is 12.3. The lowest BCUT2D eigenvalue weighted by Crippen LogP contribution is -2.46. The Kier molecular flexibility index (Phi) is 4.76. The molecule has 0 radical (unpaired) electrons. The molecule has 92 valence electrons. The minimum atomic E-state index is 0.595. The summed E-state index contributed by atoms with van der Waals surface area (Å²) < 4.78 is 0. The predicted octanol–water partition coefficient (Wildman–Crippen LogP) is 1.39. The van der Waals surface area contributed by atoms with E-state index < -0.39 is 0 Å². The number of allylic oxidation sites excluding steroid dienone is 1. The van der Waals surface area contributed by atoms with Gasteiger partial charge in [0.25, 0.3) is 0 Å². The number of alkyl halides is 1. The molecule has 2 rings (SSSR count). The van der Waals surface area contributed by atoms with Crippen molar-refractivity contribution in [3.8, 4) is 0 Å². The van der Waals surface area contributed by atoms with Crippen LogP contribution in [0.5, 0.6) is 0 Å². The molecule has 4 nitrogen and oxygen atoms in total. The zero-order chi connectivity index (χ0) is 11.9. The van der Waals surface area contributed by atoms with Crippen LogP contribution in [0.1, 0.15) is 0 Å². The second kappa shape index (κ2) is 6.57. The molecular formula is C12H17ClN4. The summed E-state index contributed by atoms with van der Waals surface area (Å²) in [6.07, 6.45) is 7.70. The quantitative estimate of drug-likeness (QED) is 0.599. The van der Waals surface area contributed by atoms with Gasteiger partial charge in [0.05, 0.1) is 0 Å². The van der Waals surface area contributed by atoms with Crippen LogP contribution in [0.2, 0.25) is 0 Å². The van der Waals surface area contributed by atoms with E-state index in [1.54, 1.807) is 12.4 Å². The molecule has 0 aliphatic carbocycles. The molecule has 1 fully saturated rings. The van der Waals surface area contributed by atoms with Gasteiger partial charge in [-0.05, 0) is 6.07 Å². The third kappa shape index (κ3) is 3.68. The standard InChI is InChI=1S/C12H17ClN4/c13-4-1-2-7-16-8-10-17(11-9-16)12-14-5-3-6-15-12/h1-3,5-6H,4,7-11H2. The Morgan fingerprint density at radius 1 is 1.12 bits per heavy atom. The highest BCUT2D eigenvalue weighted by atomic mass is 35.5. The van der Waals surface area contributed by atoms with Crippen molar-refractivity contribution in [2.24, 2.45) is 0 Å². The molecule has 1 aromatic heterocycles. The summed E-state index contributed by atoms with van der Waals surface area (Å²) in [5.41, 5.74) is 0. The van der Waals surface area contributed by atoms with E-state index in [9.17, 15) is 0 Å². The van der Waals surface area contributed by atoms with E-state index in [4.69, 9.17) is 11.6 Å². The zero-order valence-corrected chi connectivity index (χ0v) is 10.6. The number of anilines is 1. The summed E-state index contributed by atoms with van der Waals surface area (Å²) in [4.78, 5) is 13.2. The Labute approximate surface area is 107 Å². The largest absolute Gasteiger partial charge is 0.338 e. The highest BCUT2D eigenvalue weighted by Gasteiger charge is 2.17. The second-order valence-electron chi connectivity index (χ2n) is 3.96. The first-order chi connectivity index (χ1) is 8.40. The molecule has 0 saturated carbocycles. The Balaban J connectivity index is 1.80. The first-order valence-electron chi connectivity index (χ1n) is 5.85. The fourth-order valence-corrected chi connectivity index (χ4v) is 2.00. The number of hydrogen-bond acceptors (Lipinski definition) is 4. The third-order valence-corrected chi connectivity index (χ3v) is 3.00. The summed E-state index contributed by atoms with van der Waals surface area (Å²) >= 11 is 5.59. The minimum absolute atomic E-state index is 0.595. The maximum absolute atomic E-state index is 5.59. The van der Waals surface area contributed by atoms with Crippen molar-refractivity contribution in [3.05, 3.63) is 30.6 Å². The van der Waals surface area contributed by atoms with Crippen LogP contribution in [0.15, 0.2) is 30.6 Å². The Morgan fingerprint density at radius 3 is 2.47 bits per heavy atom. The van der Waals surface area contributed by atoms with Crippen molar-refractivity contribution in [1.82, 2.24) is 14.9 Å². The van der Waals surface area contributed by atoms with Gasteiger partial charge in [-0.1, -0.05) is 12.2 Å². The average molecular weight is 253 g/mol. The van der Waals surface area contributed by atoms with Crippen molar-refractivity contribution in [3.63, 3.8) is 0 Å². The SMILES string of the molecule is ClCC=CCN1CCN(c2ncccn2)CC1. The molecule has 0 amide bonds. The fraction of sp³-hybridized carbons (Fsp3) is 0.500. The number of piperazine rings is 1. The lowest BCUT2D eigenvalue weighted by atomic mass is 10.3. The van der Waals surface area contributed by atoms with Gasteiger partial charge in [-0.3, -0.25) is 4.90 Å². The lowest BCUT2D eigenvalue weighted by Gasteiger charge is -2.34. The monoisotopic (exact) mass is 252 g/mol. The number of halogens is 1. The molecule has 1 aliphatic heterocycles. The summed E-state index contributed by atoms with van der Waals surface area (Å²) in [5, 5.41) is 0. The van der Waals surface area contributed by atoms with Crippen molar-refractivity contribution in [2.75, 3.05) is 43.5 Å². The van der Waals surface area contributed by atoms with Gasteiger partial charge in [0.2, 0.25) is 5.95 Å². The van der Waals surface area contributed by atoms with Crippen LogP contribution >= 0.6 is 11.6 Å². The van der Waals surface area contributed by atoms with E-state index in [-0.39, 0.29) is 0 Å². The molecule has 1 aromatic rings. The van der Waals surface area contributed by atoms with Crippen molar-refractivity contribution in [2.45, 2.75) is 0 Å². The van der Waals surface area contributed by atoms with Gasteiger partial charge in [0.1, 0.15) is 0 Å². The summed E-state index contributed by atoms with van der Waals surface area (Å²) in [6.45, 7) is 5.05. The average Bonchev–Trinajstić information content (AvgIpc) is 2.41. The highest BCUT2D eigenvalue weighted by molar-refractivity contribution is 6.18. The lowest BCUT2D eigenvalue weighted by molar-refractivity contribution is 0.282. The second-order valence-corrected chi connectivity index (χ2v) is 4.27. The van der Waals surface area contributed by atoms with Gasteiger partial charge in [-0.2, -0.15) is 0 Å². The van der Waals surface area contributed by atoms with Crippen molar-refractivity contribution in [1.29, 1.82) is 0 Å².